The lowest BCUT2D eigenvalue weighted by atomic mass is 9.83. The normalized spacial score (nSPS) is 24.8. The van der Waals surface area contributed by atoms with E-state index in [1.807, 2.05) is 0 Å². The molecule has 4 rings (SSSR count). The van der Waals surface area contributed by atoms with Crippen LogP contribution in [0.4, 0.5) is 0 Å². The Balaban J connectivity index is 1.65. The van der Waals surface area contributed by atoms with E-state index in [1.165, 1.54) is 40.7 Å². The summed E-state index contributed by atoms with van der Waals surface area (Å²) in [7, 11) is 0. The van der Waals surface area contributed by atoms with Crippen molar-refractivity contribution in [1.82, 2.24) is 0 Å². The highest BCUT2D eigenvalue weighted by Gasteiger charge is 2.30. The summed E-state index contributed by atoms with van der Waals surface area (Å²) in [6.07, 6.45) is 7.13. The summed E-state index contributed by atoms with van der Waals surface area (Å²) in [5.74, 6) is 0. The Hall–Kier alpha value is -1.68. The molecule has 0 radical (unpaired) electrons. The van der Waals surface area contributed by atoms with Crippen molar-refractivity contribution in [3.8, 4) is 0 Å². The van der Waals surface area contributed by atoms with E-state index >= 15 is 0 Å². The van der Waals surface area contributed by atoms with Gasteiger partial charge in [0.25, 0.3) is 0 Å². The second-order valence-electron chi connectivity index (χ2n) is 8.43. The zero-order valence-corrected chi connectivity index (χ0v) is 16.9. The summed E-state index contributed by atoms with van der Waals surface area (Å²) in [5.41, 5.74) is 8.26. The molecule has 3 nitrogen and oxygen atoms in total. The first kappa shape index (κ1) is 19.6. The van der Waals surface area contributed by atoms with E-state index < -0.39 is 6.10 Å². The molecule has 1 saturated heterocycles. The molecule has 2 N–H and O–H groups in total. The summed E-state index contributed by atoms with van der Waals surface area (Å²) in [4.78, 5) is 0. The first-order valence-corrected chi connectivity index (χ1v) is 10.8. The maximum atomic E-state index is 10.2. The molecule has 2 aromatic rings. The van der Waals surface area contributed by atoms with Crippen LogP contribution in [0.25, 0.3) is 0 Å². The Morgan fingerprint density at radius 2 is 1.75 bits per heavy atom. The van der Waals surface area contributed by atoms with Gasteiger partial charge in [-0.05, 0) is 71.9 Å². The Morgan fingerprint density at radius 3 is 2.50 bits per heavy atom. The average molecular weight is 381 g/mol. The summed E-state index contributed by atoms with van der Waals surface area (Å²) in [5, 5.41) is 19.8. The second-order valence-corrected chi connectivity index (χ2v) is 8.43. The van der Waals surface area contributed by atoms with Crippen LogP contribution in [0.5, 0.6) is 0 Å². The number of ether oxygens (including phenoxy) is 1. The molecule has 0 saturated carbocycles. The molecule has 150 valence electrons. The van der Waals surface area contributed by atoms with Gasteiger partial charge in [0.05, 0.1) is 24.9 Å². The first-order valence-electron chi connectivity index (χ1n) is 10.8. The fraction of sp³-hybridized carbons (Fsp3) is 0.520. The maximum absolute atomic E-state index is 10.2. The van der Waals surface area contributed by atoms with Crippen LogP contribution in [0.3, 0.4) is 0 Å². The number of fused-ring (bicyclic) bond motifs is 1. The minimum atomic E-state index is -0.406. The van der Waals surface area contributed by atoms with Crippen molar-refractivity contribution >= 4 is 0 Å². The van der Waals surface area contributed by atoms with Crippen molar-refractivity contribution in [1.29, 1.82) is 0 Å². The van der Waals surface area contributed by atoms with Gasteiger partial charge in [-0.15, -0.1) is 0 Å². The fourth-order valence-electron chi connectivity index (χ4n) is 4.76. The van der Waals surface area contributed by atoms with Crippen LogP contribution in [0, 0.1) is 0 Å². The van der Waals surface area contributed by atoms with Crippen LogP contribution in [0.1, 0.15) is 72.1 Å². The lowest BCUT2D eigenvalue weighted by Gasteiger charge is -2.33. The molecular formula is C25H32O3. The summed E-state index contributed by atoms with van der Waals surface area (Å²) in [6, 6.07) is 13.6. The van der Waals surface area contributed by atoms with Gasteiger partial charge in [0, 0.05) is 12.8 Å². The average Bonchev–Trinajstić information content (AvgIpc) is 2.73. The minimum absolute atomic E-state index is 0.0326. The lowest BCUT2D eigenvalue weighted by Crippen LogP contribution is -2.33. The summed E-state index contributed by atoms with van der Waals surface area (Å²) < 4.78 is 6.11. The monoisotopic (exact) mass is 380 g/mol. The van der Waals surface area contributed by atoms with Gasteiger partial charge in [-0.2, -0.15) is 0 Å². The summed E-state index contributed by atoms with van der Waals surface area (Å²) >= 11 is 0. The van der Waals surface area contributed by atoms with E-state index in [4.69, 9.17) is 4.74 Å². The van der Waals surface area contributed by atoms with Gasteiger partial charge in [0.2, 0.25) is 0 Å². The number of benzene rings is 2. The van der Waals surface area contributed by atoms with Crippen molar-refractivity contribution in [2.75, 3.05) is 6.61 Å². The van der Waals surface area contributed by atoms with Crippen LogP contribution in [0.2, 0.25) is 0 Å². The third-order valence-electron chi connectivity index (χ3n) is 6.36. The molecule has 3 heteroatoms. The highest BCUT2D eigenvalue weighted by atomic mass is 16.5. The molecule has 3 unspecified atom stereocenters. The maximum Gasteiger partial charge on any atom is 0.0854 e. The number of aliphatic hydroxyl groups excluding tert-OH is 2. The molecular weight excluding hydrogens is 348 g/mol. The van der Waals surface area contributed by atoms with Crippen LogP contribution in [0.15, 0.2) is 36.4 Å². The van der Waals surface area contributed by atoms with Gasteiger partial charge in [0.1, 0.15) is 0 Å². The molecule has 1 aliphatic heterocycles. The van der Waals surface area contributed by atoms with Crippen molar-refractivity contribution in [3.63, 3.8) is 0 Å². The largest absolute Gasteiger partial charge is 0.394 e. The fourth-order valence-corrected chi connectivity index (χ4v) is 4.76. The molecule has 0 aromatic heterocycles. The van der Waals surface area contributed by atoms with Crippen LogP contribution >= 0.6 is 0 Å². The van der Waals surface area contributed by atoms with Crippen molar-refractivity contribution < 1.29 is 14.9 Å². The lowest BCUT2D eigenvalue weighted by molar-refractivity contribution is -0.113. The quantitative estimate of drug-likeness (QED) is 0.813. The zero-order chi connectivity index (χ0) is 19.5. The highest BCUT2D eigenvalue weighted by molar-refractivity contribution is 5.44. The summed E-state index contributed by atoms with van der Waals surface area (Å²) in [6.45, 7) is 2.15. The Kier molecular flexibility index (Phi) is 6.15. The van der Waals surface area contributed by atoms with E-state index in [-0.39, 0.29) is 18.8 Å². The molecule has 0 amide bonds. The van der Waals surface area contributed by atoms with Gasteiger partial charge in [-0.25, -0.2) is 0 Å². The number of aliphatic hydroxyl groups is 2. The SMILES string of the molecule is CCc1ccc(Cc2cc(C3CC(O)CC(CO)O3)cc3c2CCCC3)cc1. The Morgan fingerprint density at radius 1 is 1.00 bits per heavy atom. The van der Waals surface area contributed by atoms with Gasteiger partial charge < -0.3 is 14.9 Å². The molecule has 2 aliphatic rings. The molecule has 0 spiro atoms. The molecule has 1 aliphatic carbocycles. The topological polar surface area (TPSA) is 49.7 Å². The predicted octanol–water partition coefficient (Wildman–Crippen LogP) is 4.29. The molecule has 1 heterocycles. The van der Waals surface area contributed by atoms with Crippen molar-refractivity contribution in [2.45, 2.75) is 76.6 Å². The van der Waals surface area contributed by atoms with E-state index in [0.29, 0.717) is 12.8 Å². The van der Waals surface area contributed by atoms with Gasteiger partial charge >= 0.3 is 0 Å². The Labute approximate surface area is 168 Å². The predicted molar refractivity (Wildman–Crippen MR) is 112 cm³/mol. The van der Waals surface area contributed by atoms with E-state index in [1.54, 1.807) is 0 Å². The van der Waals surface area contributed by atoms with Gasteiger partial charge in [-0.1, -0.05) is 43.3 Å². The highest BCUT2D eigenvalue weighted by Crippen LogP contribution is 2.36. The van der Waals surface area contributed by atoms with Crippen molar-refractivity contribution in [3.05, 3.63) is 69.8 Å². The number of rotatable bonds is 5. The molecule has 3 atom stereocenters. The van der Waals surface area contributed by atoms with Crippen molar-refractivity contribution in [2.24, 2.45) is 0 Å². The number of aryl methyl sites for hydroxylation is 2. The third kappa shape index (κ3) is 4.32. The van der Waals surface area contributed by atoms with Gasteiger partial charge in [-0.3, -0.25) is 0 Å². The smallest absolute Gasteiger partial charge is 0.0854 e. The second kappa shape index (κ2) is 8.77. The number of hydrogen-bond donors (Lipinski definition) is 2. The third-order valence-corrected chi connectivity index (χ3v) is 6.36. The van der Waals surface area contributed by atoms with Crippen LogP contribution in [-0.4, -0.2) is 29.0 Å². The zero-order valence-electron chi connectivity index (χ0n) is 16.9. The molecule has 1 fully saturated rings. The Bertz CT molecular complexity index is 796. The first-order chi connectivity index (χ1) is 13.7. The number of hydrogen-bond acceptors (Lipinski definition) is 3. The van der Waals surface area contributed by atoms with Gasteiger partial charge in [0.15, 0.2) is 0 Å². The van der Waals surface area contributed by atoms with E-state index in [0.717, 1.165) is 31.2 Å². The van der Waals surface area contributed by atoms with E-state index in [2.05, 4.69) is 43.3 Å². The van der Waals surface area contributed by atoms with Crippen LogP contribution in [-0.2, 0) is 30.4 Å². The van der Waals surface area contributed by atoms with Crippen LogP contribution < -0.4 is 0 Å². The minimum Gasteiger partial charge on any atom is -0.394 e. The standard InChI is InChI=1S/C25H32O3/c1-2-17-7-9-18(10-8-17)11-20-13-21(12-19-5-3-4-6-24(19)20)25-15-22(27)14-23(16-26)28-25/h7-10,12-13,22-23,25-27H,2-6,11,14-16H2,1H3. The molecule has 28 heavy (non-hydrogen) atoms. The molecule has 2 aromatic carbocycles. The molecule has 0 bridgehead atoms. The van der Waals surface area contributed by atoms with E-state index in [9.17, 15) is 10.2 Å².